The van der Waals surface area contributed by atoms with Crippen LogP contribution in [0.15, 0.2) is 249 Å². The molecule has 9 aromatic carbocycles. The van der Waals surface area contributed by atoms with Crippen LogP contribution in [0.3, 0.4) is 0 Å². The number of aryl methyl sites for hydroxylation is 2. The molecule has 77 heavy (non-hydrogen) atoms. The molecular formula is C71H59N4OSi+. The van der Waals surface area contributed by atoms with Crippen LogP contribution in [0.2, 0.25) is 0 Å². The van der Waals surface area contributed by atoms with E-state index in [1.807, 2.05) is 12.1 Å². The molecule has 6 heteroatoms. The molecule has 0 spiro atoms. The highest BCUT2D eigenvalue weighted by atomic mass is 28.3. The molecule has 5 nitrogen and oxygen atoms in total. The van der Waals surface area contributed by atoms with Gasteiger partial charge in [-0.15, -0.1) is 0 Å². The smallest absolute Gasteiger partial charge is 0.255 e. The Bertz CT molecular complexity index is 5550. The van der Waals surface area contributed by atoms with Crippen molar-refractivity contribution in [1.29, 1.82) is 0 Å². The van der Waals surface area contributed by atoms with Gasteiger partial charge in [0.25, 0.3) is 6.33 Å². The van der Waals surface area contributed by atoms with Crippen LogP contribution in [0.25, 0.3) is 83.4 Å². The molecule has 0 aliphatic carbocycles. The monoisotopic (exact) mass is 1040 g/mol. The van der Waals surface area contributed by atoms with Gasteiger partial charge in [0, 0.05) is 66.4 Å². The summed E-state index contributed by atoms with van der Waals surface area (Å²) in [6.45, 7) is -15.8. The third-order valence-corrected chi connectivity index (χ3v) is 18.3. The zero-order valence-electron chi connectivity index (χ0n) is 70.7. The number of para-hydroxylation sites is 3. The third kappa shape index (κ3) is 7.81. The fourth-order valence-corrected chi connectivity index (χ4v) is 14.6. The Morgan fingerprint density at radius 1 is 0.584 bits per heavy atom. The molecule has 0 amide bonds. The first-order chi connectivity index (χ1) is 50.0. The molecule has 1 aliphatic rings. The number of hydrogen-bond donors (Lipinski definition) is 0. The first kappa shape index (κ1) is 25.2. The van der Waals surface area contributed by atoms with Crippen molar-refractivity contribution in [1.82, 2.24) is 14.1 Å². The second-order valence-corrected chi connectivity index (χ2v) is 21.9. The zero-order chi connectivity index (χ0) is 78.0. The van der Waals surface area contributed by atoms with E-state index in [9.17, 15) is 28.8 Å². The summed E-state index contributed by atoms with van der Waals surface area (Å²) in [7, 11) is -5.94. The van der Waals surface area contributed by atoms with Gasteiger partial charge in [-0.1, -0.05) is 196 Å². The Labute approximate surface area is 494 Å². The van der Waals surface area contributed by atoms with Gasteiger partial charge in [-0.25, -0.2) is 4.98 Å². The summed E-state index contributed by atoms with van der Waals surface area (Å²) in [5.74, 6) is 0.335. The van der Waals surface area contributed by atoms with Crippen molar-refractivity contribution in [3.63, 3.8) is 0 Å². The Morgan fingerprint density at radius 2 is 1.21 bits per heavy atom. The van der Waals surface area contributed by atoms with Gasteiger partial charge >= 0.3 is 0 Å². The normalized spacial score (nSPS) is 19.0. The van der Waals surface area contributed by atoms with Crippen molar-refractivity contribution in [2.24, 2.45) is 0 Å². The minimum absolute atomic E-state index is 0.0983. The number of rotatable bonds is 9. The Morgan fingerprint density at radius 3 is 1.91 bits per heavy atom. The number of nitrogens with zero attached hydrogens (tertiary/aromatic N) is 4. The van der Waals surface area contributed by atoms with Crippen molar-refractivity contribution in [3.05, 3.63) is 266 Å². The van der Waals surface area contributed by atoms with Gasteiger partial charge in [0.2, 0.25) is 0 Å². The zero-order valence-corrected chi connectivity index (χ0v) is 41.7. The van der Waals surface area contributed by atoms with Crippen molar-refractivity contribution in [3.8, 4) is 50.6 Å². The predicted molar refractivity (Wildman–Crippen MR) is 323 cm³/mol. The molecular weight excluding hydrogens is 953 g/mol. The summed E-state index contributed by atoms with van der Waals surface area (Å²) in [6.07, 6.45) is 7.06. The van der Waals surface area contributed by atoms with Crippen LogP contribution in [-0.2, 0) is 5.41 Å². The van der Waals surface area contributed by atoms with Crippen molar-refractivity contribution >= 4 is 67.4 Å². The van der Waals surface area contributed by atoms with E-state index >= 15 is 0 Å². The topological polar surface area (TPSA) is 35.9 Å². The number of imidazole rings is 1. The molecule has 12 aromatic rings. The number of allylic oxidation sites excluding steroid dienone is 3. The van der Waals surface area contributed by atoms with E-state index in [0.29, 0.717) is 44.3 Å². The van der Waals surface area contributed by atoms with Crippen LogP contribution in [0.5, 0.6) is 5.75 Å². The summed E-state index contributed by atoms with van der Waals surface area (Å²) < 4.78 is 285. The van der Waals surface area contributed by atoms with E-state index in [4.69, 9.17) is 17.1 Å². The van der Waals surface area contributed by atoms with Gasteiger partial charge in [-0.05, 0) is 123 Å². The van der Waals surface area contributed by atoms with Gasteiger partial charge < -0.3 is 4.74 Å². The lowest BCUT2D eigenvalue weighted by molar-refractivity contribution is -0.567. The van der Waals surface area contributed by atoms with Crippen LogP contribution in [0.4, 0.5) is 0 Å². The molecule has 0 fully saturated rings. The average Bonchev–Trinajstić information content (AvgIpc) is 1.43. The number of ether oxygens (including phenoxy) is 1. The molecule has 4 heterocycles. The van der Waals surface area contributed by atoms with Crippen LogP contribution in [-0.4, -0.2) is 22.2 Å². The van der Waals surface area contributed by atoms with E-state index in [1.165, 1.54) is 53.6 Å². The molecule has 0 saturated carbocycles. The first-order valence-electron chi connectivity index (χ1n) is 39.2. The van der Waals surface area contributed by atoms with Crippen molar-refractivity contribution in [2.75, 3.05) is 0 Å². The Hall–Kier alpha value is -9.10. The number of benzene rings is 9. The van der Waals surface area contributed by atoms with E-state index in [0.717, 1.165) is 17.6 Å². The van der Waals surface area contributed by atoms with Crippen LogP contribution >= 0.6 is 0 Å². The summed E-state index contributed by atoms with van der Waals surface area (Å²) in [5, 5.41) is -1.42. The molecule has 0 radical (unpaired) electrons. The van der Waals surface area contributed by atoms with E-state index < -0.39 is 176 Å². The summed E-state index contributed by atoms with van der Waals surface area (Å²) in [6, 6.07) is 17.8. The van der Waals surface area contributed by atoms with Gasteiger partial charge in [0.05, 0.1) is 37.9 Å². The highest BCUT2D eigenvalue weighted by Crippen LogP contribution is 2.45. The molecule has 3 aromatic heterocycles. The summed E-state index contributed by atoms with van der Waals surface area (Å²) >= 11 is 0. The molecule has 0 atom stereocenters. The number of fused-ring (bicyclic) bond motifs is 10. The van der Waals surface area contributed by atoms with Crippen LogP contribution in [0.1, 0.15) is 85.3 Å². The predicted octanol–water partition coefficient (Wildman–Crippen LogP) is 14.5. The number of hydrogen-bond acceptors (Lipinski definition) is 2. The Balaban J connectivity index is 1.13. The van der Waals surface area contributed by atoms with Crippen molar-refractivity contribution < 1.29 is 50.4 Å². The van der Waals surface area contributed by atoms with Gasteiger partial charge in [0.15, 0.2) is 19.1 Å². The van der Waals surface area contributed by atoms with E-state index in [2.05, 4.69) is 4.98 Å². The third-order valence-electron chi connectivity index (χ3n) is 14.1. The molecule has 0 N–H and O–H groups in total. The lowest BCUT2D eigenvalue weighted by atomic mass is 9.82. The molecule has 0 unspecified atom stereocenters. The van der Waals surface area contributed by atoms with Gasteiger partial charge in [-0.3, -0.25) is 4.57 Å². The number of pyridine rings is 1. The lowest BCUT2D eigenvalue weighted by Gasteiger charge is -2.35. The van der Waals surface area contributed by atoms with Gasteiger partial charge in [0.1, 0.15) is 23.0 Å². The lowest BCUT2D eigenvalue weighted by Crippen LogP contribution is -2.74. The van der Waals surface area contributed by atoms with E-state index in [-0.39, 0.29) is 39.0 Å². The Kier molecular flexibility index (Phi) is 6.18. The molecule has 0 bridgehead atoms. The summed E-state index contributed by atoms with van der Waals surface area (Å²) in [5.41, 5.74) is -2.98. The van der Waals surface area contributed by atoms with Gasteiger partial charge in [-0.2, -0.15) is 9.13 Å². The standard InChI is InChI=1S/C71H59N4OSi/c1-7-50(41-42-76-51-37-39-60-59-31-19-20-35-65(59)75(67(60)44-51)68-43-48(2)49(3)46-72-68)73-47-74-69-62(32-21-34-64(69)71(4,5)6)63-45-55(38-40-58(63)56-29-17-18-30-57(56)61-33-22-36-66(73)70(61)74)77(52-23-11-8-12-24-52,53-25-13-9-14-26-53)54-27-15-10-16-28-54/h7-47H,1-6H3/q+1/b42-41?,50-7+/i2D3,3D3,4D3,5D3,6D3,8D,9D,10D,11D,12D,13D,14D,15D,16D,23D,24D,25D,26D,27D,28D. The first-order valence-corrected chi connectivity index (χ1v) is 26.2. The van der Waals surface area contributed by atoms with E-state index in [1.54, 1.807) is 101 Å². The van der Waals surface area contributed by atoms with Crippen LogP contribution in [0, 0.1) is 13.7 Å². The van der Waals surface area contributed by atoms with Crippen LogP contribution < -0.4 is 30.1 Å². The minimum atomic E-state index is -5.94. The maximum absolute atomic E-state index is 9.83. The number of aromatic nitrogens is 4. The molecule has 0 saturated heterocycles. The minimum Gasteiger partial charge on any atom is -0.465 e. The largest absolute Gasteiger partial charge is 0.465 e. The molecule has 372 valence electrons. The maximum Gasteiger partial charge on any atom is 0.255 e. The fourth-order valence-electron chi connectivity index (χ4n) is 10.8. The molecule has 13 rings (SSSR count). The molecule has 1 aliphatic heterocycles. The SMILES string of the molecule is [2H]c1c([2H])c([2H])c([Si](c2ccc3c(c2)-c2cccc(C(C([2H])([2H])[2H])(C([2H])([2H])[2H])C([2H])([2H])[2H])c2-[n+]2cn(/C(C=COc4ccc5c6ccccc6n(-c6cc(C([2H])([2H])[2H])c(C([2H])([2H])[2H])cn6)c5c4)=C/C)c4cccc(c42)-c2ccccc2-3)(c2c([2H])c([2H])c([2H])c([2H])c2[2H])c2c([2H])c([2H])c([2H])c([2H])c2[2H])c([2H])c1[2H]. The highest BCUT2D eigenvalue weighted by molar-refractivity contribution is 7.20. The summed E-state index contributed by atoms with van der Waals surface area (Å²) in [4.78, 5) is 4.48. The second-order valence-electron chi connectivity index (χ2n) is 18.3. The average molecular weight is 1040 g/mol. The van der Waals surface area contributed by atoms with Crippen molar-refractivity contribution in [2.45, 2.75) is 46.6 Å². The quantitative estimate of drug-likeness (QED) is 0.0475. The fraction of sp³-hybridized carbons (Fsp3) is 0.0986. The maximum atomic E-state index is 9.83. The highest BCUT2D eigenvalue weighted by Gasteiger charge is 2.42. The second kappa shape index (κ2) is 18.9.